The lowest BCUT2D eigenvalue weighted by atomic mass is 10.0. The Kier molecular flexibility index (Phi) is 5.43. The number of alkyl halides is 3. The quantitative estimate of drug-likeness (QED) is 0.401. The summed E-state index contributed by atoms with van der Waals surface area (Å²) in [6, 6.07) is 14.4. The number of aromatic nitrogens is 2. The third-order valence-electron chi connectivity index (χ3n) is 4.79. The van der Waals surface area contributed by atoms with Crippen molar-refractivity contribution < 1.29 is 21.6 Å². The van der Waals surface area contributed by atoms with Crippen LogP contribution in [0.15, 0.2) is 89.9 Å². The summed E-state index contributed by atoms with van der Waals surface area (Å²) >= 11 is 0. The van der Waals surface area contributed by atoms with E-state index in [1.54, 1.807) is 36.5 Å². The van der Waals surface area contributed by atoms with Gasteiger partial charge in [0.05, 0.1) is 16.2 Å². The Morgan fingerprint density at radius 1 is 0.969 bits per heavy atom. The standard InChI is InChI=1S/C23H16F3N3O2S/c1-2-32(30,31)19-8-6-18(7-9-19)29-21-13-20-16(14-28-21)10-11-27-22(20)15-4-3-5-17(12-15)23(24,25)26/h2-14H,1H2,(H,28,29). The smallest absolute Gasteiger partial charge is 0.340 e. The predicted molar refractivity (Wildman–Crippen MR) is 117 cm³/mol. The van der Waals surface area contributed by atoms with Gasteiger partial charge in [-0.15, -0.1) is 0 Å². The molecular formula is C23H16F3N3O2S. The van der Waals surface area contributed by atoms with Crippen LogP contribution in [0.3, 0.4) is 0 Å². The number of anilines is 2. The van der Waals surface area contributed by atoms with Crippen LogP contribution in [0, 0.1) is 0 Å². The topological polar surface area (TPSA) is 72.0 Å². The zero-order valence-electron chi connectivity index (χ0n) is 16.5. The molecule has 2 aromatic carbocycles. The second kappa shape index (κ2) is 8.08. The number of pyridine rings is 2. The van der Waals surface area contributed by atoms with Crippen molar-refractivity contribution in [3.8, 4) is 11.3 Å². The molecule has 5 nitrogen and oxygen atoms in total. The Morgan fingerprint density at radius 3 is 2.41 bits per heavy atom. The predicted octanol–water partition coefficient (Wildman–Crippen LogP) is 5.98. The van der Waals surface area contributed by atoms with E-state index in [4.69, 9.17) is 0 Å². The maximum absolute atomic E-state index is 13.1. The summed E-state index contributed by atoms with van der Waals surface area (Å²) in [6.07, 6.45) is -1.35. The van der Waals surface area contributed by atoms with Gasteiger partial charge >= 0.3 is 6.18 Å². The summed E-state index contributed by atoms with van der Waals surface area (Å²) in [5, 5.41) is 5.28. The first-order valence-electron chi connectivity index (χ1n) is 9.34. The van der Waals surface area contributed by atoms with Gasteiger partial charge in [0, 0.05) is 39.8 Å². The number of nitrogens with zero attached hydrogens (tertiary/aromatic N) is 2. The summed E-state index contributed by atoms with van der Waals surface area (Å²) in [5.41, 5.74) is 0.563. The number of hydrogen-bond acceptors (Lipinski definition) is 5. The third-order valence-corrected chi connectivity index (χ3v) is 6.15. The molecule has 162 valence electrons. The molecular weight excluding hydrogens is 439 g/mol. The molecule has 4 rings (SSSR count). The number of rotatable bonds is 5. The first-order chi connectivity index (χ1) is 15.2. The van der Waals surface area contributed by atoms with E-state index in [1.807, 2.05) is 0 Å². The second-order valence-corrected chi connectivity index (χ2v) is 8.78. The first kappa shape index (κ1) is 21.5. The van der Waals surface area contributed by atoms with Gasteiger partial charge < -0.3 is 5.32 Å². The van der Waals surface area contributed by atoms with Crippen molar-refractivity contribution in [2.45, 2.75) is 11.1 Å². The second-order valence-electron chi connectivity index (χ2n) is 6.89. The summed E-state index contributed by atoms with van der Waals surface area (Å²) in [6.45, 7) is 3.30. The molecule has 32 heavy (non-hydrogen) atoms. The van der Waals surface area contributed by atoms with Crippen LogP contribution < -0.4 is 5.32 Å². The molecule has 0 unspecified atom stereocenters. The van der Waals surface area contributed by atoms with Crippen LogP contribution in [0.25, 0.3) is 22.0 Å². The Hall–Kier alpha value is -3.72. The van der Waals surface area contributed by atoms with Gasteiger partial charge in [0.15, 0.2) is 9.84 Å². The highest BCUT2D eigenvalue weighted by molar-refractivity contribution is 7.94. The van der Waals surface area contributed by atoms with Crippen molar-refractivity contribution in [1.29, 1.82) is 0 Å². The minimum atomic E-state index is -4.46. The fourth-order valence-electron chi connectivity index (χ4n) is 3.18. The number of halogens is 3. The van der Waals surface area contributed by atoms with Crippen LogP contribution in [0.5, 0.6) is 0 Å². The molecule has 0 aliphatic rings. The third kappa shape index (κ3) is 4.33. The summed E-state index contributed by atoms with van der Waals surface area (Å²) in [7, 11) is -3.53. The van der Waals surface area contributed by atoms with Crippen LogP contribution in [0.2, 0.25) is 0 Å². The van der Waals surface area contributed by atoms with Gasteiger partial charge in [-0.25, -0.2) is 13.4 Å². The molecule has 0 aliphatic heterocycles. The van der Waals surface area contributed by atoms with Gasteiger partial charge in [0.25, 0.3) is 0 Å². The maximum atomic E-state index is 13.1. The van der Waals surface area contributed by atoms with Crippen molar-refractivity contribution in [2.75, 3.05) is 5.32 Å². The molecule has 0 aliphatic carbocycles. The SMILES string of the molecule is C=CS(=O)(=O)c1ccc(Nc2cc3c(-c4cccc(C(F)(F)F)c4)nccc3cn2)cc1. The van der Waals surface area contributed by atoms with Gasteiger partial charge in [-0.1, -0.05) is 18.7 Å². The number of benzene rings is 2. The lowest BCUT2D eigenvalue weighted by Gasteiger charge is -2.12. The van der Waals surface area contributed by atoms with Gasteiger partial charge in [0.1, 0.15) is 5.82 Å². The Bertz CT molecular complexity index is 1420. The minimum absolute atomic E-state index is 0.112. The van der Waals surface area contributed by atoms with E-state index in [1.165, 1.54) is 24.4 Å². The molecule has 0 amide bonds. The Balaban J connectivity index is 1.71. The van der Waals surface area contributed by atoms with Crippen LogP contribution in [0.4, 0.5) is 24.7 Å². The highest BCUT2D eigenvalue weighted by Gasteiger charge is 2.30. The van der Waals surface area contributed by atoms with Crippen molar-refractivity contribution in [2.24, 2.45) is 0 Å². The number of sulfone groups is 1. The van der Waals surface area contributed by atoms with E-state index in [-0.39, 0.29) is 4.90 Å². The zero-order chi connectivity index (χ0) is 22.9. The normalized spacial score (nSPS) is 12.0. The number of hydrogen-bond donors (Lipinski definition) is 1. The fraction of sp³-hybridized carbons (Fsp3) is 0.0435. The van der Waals surface area contributed by atoms with E-state index < -0.39 is 21.6 Å². The molecule has 9 heteroatoms. The summed E-state index contributed by atoms with van der Waals surface area (Å²) in [5.74, 6) is 0.429. The molecule has 0 saturated carbocycles. The van der Waals surface area contributed by atoms with Crippen LogP contribution in [-0.4, -0.2) is 18.4 Å². The summed E-state index contributed by atoms with van der Waals surface area (Å²) < 4.78 is 63.1. The fourth-order valence-corrected chi connectivity index (χ4v) is 3.89. The van der Waals surface area contributed by atoms with Crippen molar-refractivity contribution in [3.63, 3.8) is 0 Å². The molecule has 1 N–H and O–H groups in total. The van der Waals surface area contributed by atoms with Gasteiger partial charge in [0.2, 0.25) is 0 Å². The molecule has 0 radical (unpaired) electrons. The highest BCUT2D eigenvalue weighted by atomic mass is 32.2. The molecule has 0 atom stereocenters. The molecule has 2 aromatic heterocycles. The van der Waals surface area contributed by atoms with Gasteiger partial charge in [-0.2, -0.15) is 13.2 Å². The Labute approximate surface area is 182 Å². The van der Waals surface area contributed by atoms with Crippen LogP contribution in [0.1, 0.15) is 5.56 Å². The van der Waals surface area contributed by atoms with E-state index >= 15 is 0 Å². The zero-order valence-corrected chi connectivity index (χ0v) is 17.3. The van der Waals surface area contributed by atoms with E-state index in [0.717, 1.165) is 17.5 Å². The van der Waals surface area contributed by atoms with Gasteiger partial charge in [-0.05, 0) is 48.5 Å². The van der Waals surface area contributed by atoms with Crippen LogP contribution >= 0.6 is 0 Å². The minimum Gasteiger partial charge on any atom is -0.340 e. The average Bonchev–Trinajstić information content (AvgIpc) is 2.78. The van der Waals surface area contributed by atoms with Crippen molar-refractivity contribution in [3.05, 3.63) is 90.6 Å². The van der Waals surface area contributed by atoms with E-state index in [0.29, 0.717) is 33.5 Å². The summed E-state index contributed by atoms with van der Waals surface area (Å²) in [4.78, 5) is 8.74. The van der Waals surface area contributed by atoms with Crippen molar-refractivity contribution >= 4 is 32.1 Å². The largest absolute Gasteiger partial charge is 0.416 e. The molecule has 4 aromatic rings. The average molecular weight is 455 g/mol. The Morgan fingerprint density at radius 2 is 1.72 bits per heavy atom. The lowest BCUT2D eigenvalue weighted by Crippen LogP contribution is -2.04. The number of fused-ring (bicyclic) bond motifs is 1. The molecule has 0 saturated heterocycles. The molecule has 0 bridgehead atoms. The van der Waals surface area contributed by atoms with Crippen molar-refractivity contribution in [1.82, 2.24) is 9.97 Å². The number of nitrogens with one attached hydrogen (secondary N) is 1. The molecule has 2 heterocycles. The monoisotopic (exact) mass is 455 g/mol. The highest BCUT2D eigenvalue weighted by Crippen LogP contribution is 2.34. The maximum Gasteiger partial charge on any atom is 0.416 e. The van der Waals surface area contributed by atoms with E-state index in [9.17, 15) is 21.6 Å². The first-order valence-corrected chi connectivity index (χ1v) is 10.9. The van der Waals surface area contributed by atoms with Gasteiger partial charge in [-0.3, -0.25) is 4.98 Å². The van der Waals surface area contributed by atoms with E-state index in [2.05, 4.69) is 21.9 Å². The lowest BCUT2D eigenvalue weighted by molar-refractivity contribution is -0.137. The van der Waals surface area contributed by atoms with Crippen LogP contribution in [-0.2, 0) is 16.0 Å². The molecule has 0 fully saturated rings. The molecule has 0 spiro atoms.